The second-order valence-corrected chi connectivity index (χ2v) is 5.21. The molecule has 0 aliphatic carbocycles. The highest BCUT2D eigenvalue weighted by molar-refractivity contribution is 6.05. The van der Waals surface area contributed by atoms with Crippen LogP contribution in [0.4, 0.5) is 4.79 Å². The highest BCUT2D eigenvalue weighted by Gasteiger charge is 2.51. The number of carbonyl (C=O) groups is 3. The van der Waals surface area contributed by atoms with Gasteiger partial charge in [0, 0.05) is 18.6 Å². The number of hydrogen-bond donors (Lipinski definition) is 2. The van der Waals surface area contributed by atoms with Crippen LogP contribution in [0.1, 0.15) is 19.4 Å². The maximum Gasteiger partial charge on any atom is 0.411 e. The highest BCUT2D eigenvalue weighted by Crippen LogP contribution is 2.43. The van der Waals surface area contributed by atoms with Gasteiger partial charge >= 0.3 is 12.1 Å². The molecule has 25 heavy (non-hydrogen) atoms. The molecule has 1 aliphatic heterocycles. The second-order valence-electron chi connectivity index (χ2n) is 5.21. The van der Waals surface area contributed by atoms with Gasteiger partial charge in [-0.3, -0.25) is 14.9 Å². The predicted molar refractivity (Wildman–Crippen MR) is 82.9 cm³/mol. The Balaban J connectivity index is 2.51. The summed E-state index contributed by atoms with van der Waals surface area (Å²) >= 11 is 0. The van der Waals surface area contributed by atoms with Crippen LogP contribution in [0.25, 0.3) is 0 Å². The number of benzene rings is 1. The Morgan fingerprint density at radius 2 is 1.92 bits per heavy atom. The number of carbonyl (C=O) groups excluding carboxylic acids is 2. The normalized spacial score (nSPS) is 19.3. The lowest BCUT2D eigenvalue weighted by Crippen LogP contribution is -2.33. The maximum atomic E-state index is 12.8. The molecule has 1 unspecified atom stereocenters. The van der Waals surface area contributed by atoms with E-state index in [-0.39, 0.29) is 5.75 Å². The van der Waals surface area contributed by atoms with Gasteiger partial charge in [-0.1, -0.05) is 0 Å². The second kappa shape index (κ2) is 6.71. The standard InChI is InChI=1S/C16H17NO8/c1-8(18)24-12-13(19)16(2,25-14(12)17-15(20)21)10-6-5-9(22-3)7-11(10)23-4/h5-7,17H,1-4H3,(H,20,21). The summed E-state index contributed by atoms with van der Waals surface area (Å²) < 4.78 is 20.8. The number of nitrogens with one attached hydrogen (secondary N) is 1. The molecule has 2 rings (SSSR count). The lowest BCUT2D eigenvalue weighted by molar-refractivity contribution is -0.142. The van der Waals surface area contributed by atoms with Gasteiger partial charge in [-0.25, -0.2) is 4.79 Å². The average molecular weight is 351 g/mol. The van der Waals surface area contributed by atoms with Crippen LogP contribution in [0.5, 0.6) is 11.5 Å². The molecule has 1 atom stereocenters. The smallest absolute Gasteiger partial charge is 0.411 e. The van der Waals surface area contributed by atoms with Gasteiger partial charge in [0.2, 0.25) is 17.2 Å². The Kier molecular flexibility index (Phi) is 4.87. The lowest BCUT2D eigenvalue weighted by atomic mass is 9.90. The van der Waals surface area contributed by atoms with Crippen LogP contribution in [-0.2, 0) is 24.7 Å². The van der Waals surface area contributed by atoms with Crippen molar-refractivity contribution in [3.8, 4) is 11.5 Å². The molecule has 0 radical (unpaired) electrons. The van der Waals surface area contributed by atoms with Crippen molar-refractivity contribution in [1.29, 1.82) is 0 Å². The van der Waals surface area contributed by atoms with Crippen LogP contribution in [-0.4, -0.2) is 37.2 Å². The van der Waals surface area contributed by atoms with Crippen molar-refractivity contribution in [3.05, 3.63) is 35.4 Å². The fourth-order valence-corrected chi connectivity index (χ4v) is 2.40. The zero-order chi connectivity index (χ0) is 18.8. The Morgan fingerprint density at radius 1 is 1.24 bits per heavy atom. The number of hydrogen-bond acceptors (Lipinski definition) is 7. The molecule has 0 spiro atoms. The predicted octanol–water partition coefficient (Wildman–Crippen LogP) is 1.52. The average Bonchev–Trinajstić information content (AvgIpc) is 2.78. The minimum atomic E-state index is -1.65. The Bertz CT molecular complexity index is 769. The molecule has 0 saturated heterocycles. The van der Waals surface area contributed by atoms with E-state index in [1.54, 1.807) is 18.2 Å². The topological polar surface area (TPSA) is 120 Å². The van der Waals surface area contributed by atoms with E-state index < -0.39 is 35.1 Å². The van der Waals surface area contributed by atoms with Crippen LogP contribution in [0.2, 0.25) is 0 Å². The first-order valence-corrected chi connectivity index (χ1v) is 7.12. The van der Waals surface area contributed by atoms with Gasteiger partial charge in [0.15, 0.2) is 0 Å². The SMILES string of the molecule is COc1ccc(C2(C)OC(NC(=O)O)=C(OC(C)=O)C2=O)c(OC)c1. The molecule has 2 N–H and O–H groups in total. The van der Waals surface area contributed by atoms with Crippen molar-refractivity contribution >= 4 is 17.8 Å². The van der Waals surface area contributed by atoms with Crippen molar-refractivity contribution < 1.29 is 38.4 Å². The summed E-state index contributed by atoms with van der Waals surface area (Å²) in [6.07, 6.45) is -1.47. The molecule has 1 aliphatic rings. The molecule has 0 fully saturated rings. The third-order valence-corrected chi connectivity index (χ3v) is 3.54. The van der Waals surface area contributed by atoms with Gasteiger partial charge in [-0.15, -0.1) is 0 Å². The van der Waals surface area contributed by atoms with Gasteiger partial charge in [-0.05, 0) is 19.1 Å². The lowest BCUT2D eigenvalue weighted by Gasteiger charge is -2.25. The number of carboxylic acid groups (broad SMARTS) is 1. The van der Waals surface area contributed by atoms with Gasteiger partial charge in [-0.2, -0.15) is 0 Å². The van der Waals surface area contributed by atoms with Gasteiger partial charge < -0.3 is 24.1 Å². The van der Waals surface area contributed by atoms with Crippen molar-refractivity contribution in [2.75, 3.05) is 14.2 Å². The van der Waals surface area contributed by atoms with Crippen LogP contribution < -0.4 is 14.8 Å². The molecule has 1 amide bonds. The number of methoxy groups -OCH3 is 2. The monoisotopic (exact) mass is 351 g/mol. The van der Waals surface area contributed by atoms with E-state index in [2.05, 4.69) is 0 Å². The quantitative estimate of drug-likeness (QED) is 0.766. The summed E-state index contributed by atoms with van der Waals surface area (Å²) in [5.41, 5.74) is -1.34. The third kappa shape index (κ3) is 3.35. The fraction of sp³-hybridized carbons (Fsp3) is 0.312. The molecule has 9 heteroatoms. The Hall–Kier alpha value is -3.23. The van der Waals surface area contributed by atoms with Crippen molar-refractivity contribution in [2.24, 2.45) is 0 Å². The van der Waals surface area contributed by atoms with Crippen LogP contribution in [0.15, 0.2) is 29.8 Å². The highest BCUT2D eigenvalue weighted by atomic mass is 16.6. The van der Waals surface area contributed by atoms with Crippen LogP contribution >= 0.6 is 0 Å². The van der Waals surface area contributed by atoms with Crippen LogP contribution in [0, 0.1) is 0 Å². The third-order valence-electron chi connectivity index (χ3n) is 3.54. The van der Waals surface area contributed by atoms with E-state index in [9.17, 15) is 14.4 Å². The zero-order valence-electron chi connectivity index (χ0n) is 14.0. The number of esters is 1. The molecule has 1 aromatic carbocycles. The molecule has 1 heterocycles. The number of ketones is 1. The Morgan fingerprint density at radius 3 is 2.44 bits per heavy atom. The summed E-state index contributed by atoms with van der Waals surface area (Å²) in [7, 11) is 2.88. The number of Topliss-reactive ketones (excluding diaryl/α,β-unsaturated/α-hetero) is 1. The molecule has 134 valence electrons. The van der Waals surface area contributed by atoms with E-state index >= 15 is 0 Å². The first-order valence-electron chi connectivity index (χ1n) is 7.12. The minimum Gasteiger partial charge on any atom is -0.497 e. The summed E-state index contributed by atoms with van der Waals surface area (Å²) in [6, 6.07) is 4.68. The summed E-state index contributed by atoms with van der Waals surface area (Å²) in [5.74, 6) is -1.72. The first-order chi connectivity index (χ1) is 11.7. The molecule has 0 aromatic heterocycles. The summed E-state index contributed by atoms with van der Waals surface area (Å²) in [5, 5.41) is 10.8. The number of rotatable bonds is 5. The summed E-state index contributed by atoms with van der Waals surface area (Å²) in [4.78, 5) is 35.0. The molecule has 0 bridgehead atoms. The summed E-state index contributed by atoms with van der Waals surface area (Å²) in [6.45, 7) is 2.50. The van der Waals surface area contributed by atoms with Gasteiger partial charge in [0.25, 0.3) is 5.78 Å². The molecule has 1 aromatic rings. The Labute approximate surface area is 143 Å². The van der Waals surface area contributed by atoms with Crippen LogP contribution in [0.3, 0.4) is 0 Å². The molecule has 9 nitrogen and oxygen atoms in total. The van der Waals surface area contributed by atoms with Gasteiger partial charge in [0.05, 0.1) is 14.2 Å². The van der Waals surface area contributed by atoms with E-state index in [1.165, 1.54) is 21.1 Å². The molecular formula is C16H17NO8. The van der Waals surface area contributed by atoms with Crippen molar-refractivity contribution in [3.63, 3.8) is 0 Å². The van der Waals surface area contributed by atoms with E-state index in [0.29, 0.717) is 11.3 Å². The number of ether oxygens (including phenoxy) is 4. The number of amides is 1. The largest absolute Gasteiger partial charge is 0.497 e. The van der Waals surface area contributed by atoms with E-state index in [1.807, 2.05) is 5.32 Å². The fourth-order valence-electron chi connectivity index (χ4n) is 2.40. The zero-order valence-corrected chi connectivity index (χ0v) is 14.0. The first kappa shape index (κ1) is 18.1. The van der Waals surface area contributed by atoms with Crippen molar-refractivity contribution in [2.45, 2.75) is 19.4 Å². The van der Waals surface area contributed by atoms with E-state index in [0.717, 1.165) is 6.92 Å². The molecular weight excluding hydrogens is 334 g/mol. The van der Waals surface area contributed by atoms with Gasteiger partial charge in [0.1, 0.15) is 11.5 Å². The van der Waals surface area contributed by atoms with Crippen molar-refractivity contribution in [1.82, 2.24) is 5.32 Å². The minimum absolute atomic E-state index is 0.286. The maximum absolute atomic E-state index is 12.8. The molecule has 0 saturated carbocycles. The van der Waals surface area contributed by atoms with E-state index in [4.69, 9.17) is 24.1 Å².